The molecule has 0 aliphatic heterocycles. The number of thiophene rings is 1. The van der Waals surface area contributed by atoms with Crippen molar-refractivity contribution in [1.29, 1.82) is 0 Å². The van der Waals surface area contributed by atoms with Gasteiger partial charge in [-0.1, -0.05) is 0 Å². The zero-order chi connectivity index (χ0) is 15.3. The Bertz CT molecular complexity index is 557. The molecule has 0 spiro atoms. The number of nitrogens with zero attached hydrogens (tertiary/aromatic N) is 1. The monoisotopic (exact) mass is 382 g/mol. The van der Waals surface area contributed by atoms with Crippen LogP contribution in [0.3, 0.4) is 0 Å². The molecule has 0 aliphatic carbocycles. The molecule has 20 heavy (non-hydrogen) atoms. The van der Waals surface area contributed by atoms with Crippen molar-refractivity contribution < 1.29 is 13.2 Å². The average Bonchev–Trinajstić information content (AvgIpc) is 2.77. The smallest absolute Gasteiger partial charge is 0.239 e. The van der Waals surface area contributed by atoms with Gasteiger partial charge in [-0.25, -0.2) is 8.42 Å². The van der Waals surface area contributed by atoms with E-state index >= 15 is 0 Å². The van der Waals surface area contributed by atoms with Gasteiger partial charge in [-0.15, -0.1) is 11.3 Å². The van der Waals surface area contributed by atoms with Crippen molar-refractivity contribution in [2.75, 3.05) is 18.6 Å². The third-order valence-corrected chi connectivity index (χ3v) is 5.37. The van der Waals surface area contributed by atoms with Gasteiger partial charge in [0.05, 0.1) is 22.1 Å². The van der Waals surface area contributed by atoms with Gasteiger partial charge in [-0.2, -0.15) is 0 Å². The molecule has 0 aliphatic rings. The van der Waals surface area contributed by atoms with Gasteiger partial charge >= 0.3 is 0 Å². The maximum absolute atomic E-state index is 12.2. The largest absolute Gasteiger partial charge is 0.336 e. The van der Waals surface area contributed by atoms with Gasteiger partial charge in [0.2, 0.25) is 5.91 Å². The van der Waals surface area contributed by atoms with Crippen molar-refractivity contribution in [2.24, 2.45) is 5.73 Å². The minimum absolute atomic E-state index is 0.0674. The number of amides is 1. The van der Waals surface area contributed by atoms with Crippen LogP contribution in [0.5, 0.6) is 0 Å². The lowest BCUT2D eigenvalue weighted by Crippen LogP contribution is -2.44. The Morgan fingerprint density at radius 3 is 2.60 bits per heavy atom. The Morgan fingerprint density at radius 2 is 2.15 bits per heavy atom. The molecule has 1 unspecified atom stereocenters. The lowest BCUT2D eigenvalue weighted by atomic mass is 10.2. The van der Waals surface area contributed by atoms with E-state index in [0.717, 1.165) is 14.9 Å². The zero-order valence-electron chi connectivity index (χ0n) is 11.5. The highest BCUT2D eigenvalue weighted by atomic mass is 79.9. The number of carbonyl (C=O) groups excluding carboxylic acids is 1. The number of rotatable bonds is 7. The molecule has 0 bridgehead atoms. The van der Waals surface area contributed by atoms with Crippen LogP contribution in [0.15, 0.2) is 15.9 Å². The number of likely N-dealkylation sites (N-methyl/N-ethyl adjacent to an activating group) is 1. The summed E-state index contributed by atoms with van der Waals surface area (Å²) in [6.07, 6.45) is 1.30. The second kappa shape index (κ2) is 7.53. The highest BCUT2D eigenvalue weighted by Crippen LogP contribution is 2.23. The van der Waals surface area contributed by atoms with Crippen LogP contribution in [0.4, 0.5) is 0 Å². The number of carbonyl (C=O) groups is 1. The SMILES string of the molecule is CCN(Cc1ccc(Br)s1)C(=O)C(N)CCS(C)(=O)=O. The summed E-state index contributed by atoms with van der Waals surface area (Å²) in [7, 11) is -3.10. The fraction of sp³-hybridized carbons (Fsp3) is 0.583. The molecule has 0 saturated carbocycles. The molecule has 0 radical (unpaired) electrons. The average molecular weight is 383 g/mol. The Kier molecular flexibility index (Phi) is 6.63. The first-order valence-corrected chi connectivity index (χ1v) is 9.86. The van der Waals surface area contributed by atoms with Crippen LogP contribution in [0.25, 0.3) is 0 Å². The summed E-state index contributed by atoms with van der Waals surface area (Å²) in [4.78, 5) is 14.9. The van der Waals surface area contributed by atoms with E-state index in [9.17, 15) is 13.2 Å². The first-order chi connectivity index (χ1) is 9.23. The molecule has 1 aromatic rings. The summed E-state index contributed by atoms with van der Waals surface area (Å²) in [6, 6.07) is 3.11. The first kappa shape index (κ1) is 17.6. The summed E-state index contributed by atoms with van der Waals surface area (Å²) in [5.74, 6) is -0.275. The maximum Gasteiger partial charge on any atom is 0.239 e. The number of nitrogens with two attached hydrogens (primary N) is 1. The summed E-state index contributed by atoms with van der Waals surface area (Å²) in [6.45, 7) is 2.92. The summed E-state index contributed by atoms with van der Waals surface area (Å²) in [5.41, 5.74) is 5.80. The van der Waals surface area contributed by atoms with Crippen LogP contribution in [0.2, 0.25) is 0 Å². The van der Waals surface area contributed by atoms with Gasteiger partial charge in [0.25, 0.3) is 0 Å². The number of hydrogen-bond acceptors (Lipinski definition) is 5. The molecule has 2 N–H and O–H groups in total. The van der Waals surface area contributed by atoms with Crippen LogP contribution < -0.4 is 5.73 Å². The predicted octanol–water partition coefficient (Wildman–Crippen LogP) is 1.62. The van der Waals surface area contributed by atoms with E-state index in [0.29, 0.717) is 13.1 Å². The van der Waals surface area contributed by atoms with E-state index in [1.54, 1.807) is 16.2 Å². The van der Waals surface area contributed by atoms with Crippen molar-refractivity contribution in [1.82, 2.24) is 4.90 Å². The Labute approximate surface area is 132 Å². The van der Waals surface area contributed by atoms with Crippen LogP contribution in [0.1, 0.15) is 18.2 Å². The Morgan fingerprint density at radius 1 is 1.50 bits per heavy atom. The molecule has 0 fully saturated rings. The summed E-state index contributed by atoms with van der Waals surface area (Å²) in [5, 5.41) is 0. The van der Waals surface area contributed by atoms with E-state index in [2.05, 4.69) is 15.9 Å². The van der Waals surface area contributed by atoms with E-state index in [1.165, 1.54) is 0 Å². The fourth-order valence-corrected chi connectivity index (χ4v) is 3.85. The Balaban J connectivity index is 2.62. The van der Waals surface area contributed by atoms with Gasteiger partial charge in [-0.05, 0) is 41.4 Å². The molecular weight excluding hydrogens is 364 g/mol. The van der Waals surface area contributed by atoms with Gasteiger partial charge in [0, 0.05) is 17.7 Å². The van der Waals surface area contributed by atoms with E-state index in [-0.39, 0.29) is 18.1 Å². The van der Waals surface area contributed by atoms with Gasteiger partial charge in [-0.3, -0.25) is 4.79 Å². The van der Waals surface area contributed by atoms with Crippen LogP contribution in [-0.4, -0.2) is 43.8 Å². The van der Waals surface area contributed by atoms with Crippen molar-refractivity contribution >= 4 is 43.0 Å². The minimum atomic E-state index is -3.10. The molecule has 1 rings (SSSR count). The molecule has 1 atom stereocenters. The molecule has 114 valence electrons. The number of halogens is 1. The minimum Gasteiger partial charge on any atom is -0.336 e. The molecule has 1 heterocycles. The lowest BCUT2D eigenvalue weighted by molar-refractivity contribution is -0.133. The topological polar surface area (TPSA) is 80.5 Å². The van der Waals surface area contributed by atoms with Crippen LogP contribution in [0, 0.1) is 0 Å². The van der Waals surface area contributed by atoms with Gasteiger partial charge in [0.1, 0.15) is 9.84 Å². The van der Waals surface area contributed by atoms with Crippen molar-refractivity contribution in [3.05, 3.63) is 20.8 Å². The summed E-state index contributed by atoms with van der Waals surface area (Å²) < 4.78 is 23.2. The van der Waals surface area contributed by atoms with Gasteiger partial charge in [0.15, 0.2) is 0 Å². The van der Waals surface area contributed by atoms with Crippen LogP contribution in [-0.2, 0) is 21.2 Å². The highest BCUT2D eigenvalue weighted by molar-refractivity contribution is 9.11. The van der Waals surface area contributed by atoms with E-state index < -0.39 is 15.9 Å². The molecule has 1 amide bonds. The second-order valence-corrected chi connectivity index (χ2v) is 9.39. The molecule has 0 saturated heterocycles. The molecule has 8 heteroatoms. The van der Waals surface area contributed by atoms with Crippen molar-refractivity contribution in [3.63, 3.8) is 0 Å². The Hall–Kier alpha value is -0.440. The van der Waals surface area contributed by atoms with E-state index in [1.807, 2.05) is 19.1 Å². The third-order valence-electron chi connectivity index (χ3n) is 2.79. The number of hydrogen-bond donors (Lipinski definition) is 1. The molecule has 5 nitrogen and oxygen atoms in total. The van der Waals surface area contributed by atoms with Crippen molar-refractivity contribution in [2.45, 2.75) is 25.9 Å². The van der Waals surface area contributed by atoms with Crippen LogP contribution >= 0.6 is 27.3 Å². The molecule has 0 aromatic carbocycles. The summed E-state index contributed by atoms with van der Waals surface area (Å²) >= 11 is 4.94. The fourth-order valence-electron chi connectivity index (χ4n) is 1.67. The second-order valence-electron chi connectivity index (χ2n) is 4.58. The number of sulfone groups is 1. The zero-order valence-corrected chi connectivity index (χ0v) is 14.7. The normalized spacial score (nSPS) is 13.2. The predicted molar refractivity (Wildman–Crippen MR) is 85.4 cm³/mol. The maximum atomic E-state index is 12.2. The highest BCUT2D eigenvalue weighted by Gasteiger charge is 2.21. The van der Waals surface area contributed by atoms with Crippen molar-refractivity contribution in [3.8, 4) is 0 Å². The first-order valence-electron chi connectivity index (χ1n) is 6.19. The molecular formula is C12H19BrN2O3S2. The quantitative estimate of drug-likeness (QED) is 0.776. The lowest BCUT2D eigenvalue weighted by Gasteiger charge is -2.23. The molecule has 1 aromatic heterocycles. The third kappa shape index (κ3) is 5.90. The van der Waals surface area contributed by atoms with Gasteiger partial charge < -0.3 is 10.6 Å². The standard InChI is InChI=1S/C12H19BrN2O3S2/c1-3-15(8-9-4-5-11(13)19-9)12(16)10(14)6-7-20(2,17)18/h4-5,10H,3,6-8,14H2,1-2H3. The van der Waals surface area contributed by atoms with E-state index in [4.69, 9.17) is 5.73 Å².